The molecule has 3 heterocycles. The Bertz CT molecular complexity index is 1210. The second-order valence-corrected chi connectivity index (χ2v) is 6.43. The highest BCUT2D eigenvalue weighted by atomic mass is 15.2. The van der Waals surface area contributed by atoms with E-state index < -0.39 is 0 Å². The first-order valence-corrected chi connectivity index (χ1v) is 8.42. The number of aromatic amines is 1. The third-order valence-electron chi connectivity index (χ3n) is 4.97. The molecule has 0 aliphatic heterocycles. The van der Waals surface area contributed by atoms with Crippen LogP contribution in [0.3, 0.4) is 0 Å². The largest absolute Gasteiger partial charge is 0.344 e. The Morgan fingerprint density at radius 2 is 1.68 bits per heavy atom. The van der Waals surface area contributed by atoms with Gasteiger partial charge in [-0.25, -0.2) is 4.98 Å². The molecular formula is C21H18N4. The van der Waals surface area contributed by atoms with Crippen molar-refractivity contribution in [2.45, 2.75) is 13.8 Å². The lowest BCUT2D eigenvalue weighted by molar-refractivity contribution is 1.06. The van der Waals surface area contributed by atoms with Crippen LogP contribution in [-0.2, 0) is 0 Å². The summed E-state index contributed by atoms with van der Waals surface area (Å²) in [5.74, 6) is 0.913. The van der Waals surface area contributed by atoms with E-state index in [0.29, 0.717) is 0 Å². The number of nitrogens with one attached hydrogen (secondary N) is 1. The quantitative estimate of drug-likeness (QED) is 0.491. The Kier molecular flexibility index (Phi) is 2.88. The summed E-state index contributed by atoms with van der Waals surface area (Å²) in [7, 11) is 0. The van der Waals surface area contributed by atoms with Crippen LogP contribution < -0.4 is 0 Å². The summed E-state index contributed by atoms with van der Waals surface area (Å²) in [6, 6.07) is 18.8. The summed E-state index contributed by atoms with van der Waals surface area (Å²) in [4.78, 5) is 8.23. The van der Waals surface area contributed by atoms with Gasteiger partial charge in [0.15, 0.2) is 5.82 Å². The Hall–Kier alpha value is -3.27. The topological polar surface area (TPSA) is 38.5 Å². The molecule has 0 saturated carbocycles. The molecule has 2 aromatic carbocycles. The summed E-state index contributed by atoms with van der Waals surface area (Å²) in [6.45, 7) is 4.30. The monoisotopic (exact) mass is 326 g/mol. The molecule has 4 heteroatoms. The van der Waals surface area contributed by atoms with Gasteiger partial charge in [-0.2, -0.15) is 0 Å². The second-order valence-electron chi connectivity index (χ2n) is 6.43. The third kappa shape index (κ3) is 1.97. The van der Waals surface area contributed by atoms with Crippen LogP contribution in [-0.4, -0.2) is 19.1 Å². The zero-order valence-electron chi connectivity index (χ0n) is 14.2. The van der Waals surface area contributed by atoms with Gasteiger partial charge in [0.1, 0.15) is 12.0 Å². The Morgan fingerprint density at radius 3 is 2.52 bits per heavy atom. The van der Waals surface area contributed by atoms with Gasteiger partial charge in [-0.3, -0.25) is 4.57 Å². The summed E-state index contributed by atoms with van der Waals surface area (Å²) in [6.07, 6.45) is 3.95. The molecule has 0 amide bonds. The molecule has 0 atom stereocenters. The standard InChI is InChI=1S/C21H18N4/c1-14-15(2)23-21-20(14)17-10-6-7-11-18(17)25(21)19-12-24(13-22-19)16-8-4-3-5-9-16/h3-13,23H,1-2H3. The fraction of sp³-hybridized carbons (Fsp3) is 0.0952. The Labute approximate surface area is 145 Å². The molecule has 5 rings (SSSR count). The van der Waals surface area contributed by atoms with Crippen LogP contribution >= 0.6 is 0 Å². The highest BCUT2D eigenvalue weighted by Gasteiger charge is 2.18. The van der Waals surface area contributed by atoms with Crippen LogP contribution in [0.2, 0.25) is 0 Å². The number of hydrogen-bond acceptors (Lipinski definition) is 1. The lowest BCUT2D eigenvalue weighted by Gasteiger charge is -2.03. The van der Waals surface area contributed by atoms with E-state index in [-0.39, 0.29) is 0 Å². The van der Waals surface area contributed by atoms with E-state index in [9.17, 15) is 0 Å². The number of rotatable bonds is 2. The molecule has 4 nitrogen and oxygen atoms in total. The highest BCUT2D eigenvalue weighted by molar-refractivity contribution is 6.10. The number of benzene rings is 2. The molecule has 0 fully saturated rings. The van der Waals surface area contributed by atoms with Gasteiger partial charge < -0.3 is 9.55 Å². The van der Waals surface area contributed by atoms with Crippen molar-refractivity contribution in [3.8, 4) is 11.5 Å². The number of nitrogens with zero attached hydrogens (tertiary/aromatic N) is 3. The fourth-order valence-electron chi connectivity index (χ4n) is 3.60. The van der Waals surface area contributed by atoms with Crippen LogP contribution in [0.4, 0.5) is 0 Å². The first kappa shape index (κ1) is 14.1. The molecular weight excluding hydrogens is 308 g/mol. The Morgan fingerprint density at radius 1 is 0.920 bits per heavy atom. The minimum atomic E-state index is 0.913. The van der Waals surface area contributed by atoms with Crippen molar-refractivity contribution in [3.63, 3.8) is 0 Å². The Balaban J connectivity index is 1.80. The van der Waals surface area contributed by atoms with Crippen LogP contribution in [0.1, 0.15) is 11.3 Å². The van der Waals surface area contributed by atoms with Crippen LogP contribution in [0.25, 0.3) is 33.4 Å². The molecule has 122 valence electrons. The lowest BCUT2D eigenvalue weighted by Crippen LogP contribution is -1.95. The third-order valence-corrected chi connectivity index (χ3v) is 4.97. The first-order chi connectivity index (χ1) is 12.2. The second kappa shape index (κ2) is 5.11. The van der Waals surface area contributed by atoms with Crippen molar-refractivity contribution in [2.75, 3.05) is 0 Å². The van der Waals surface area contributed by atoms with Gasteiger partial charge in [0.05, 0.1) is 11.7 Å². The smallest absolute Gasteiger partial charge is 0.157 e. The molecule has 0 spiro atoms. The summed E-state index contributed by atoms with van der Waals surface area (Å²) >= 11 is 0. The zero-order chi connectivity index (χ0) is 17.0. The van der Waals surface area contributed by atoms with E-state index in [1.54, 1.807) is 0 Å². The summed E-state index contributed by atoms with van der Waals surface area (Å²) in [5, 5.41) is 2.54. The molecule has 3 aromatic heterocycles. The zero-order valence-corrected chi connectivity index (χ0v) is 14.2. The van der Waals surface area contributed by atoms with E-state index in [4.69, 9.17) is 0 Å². The maximum absolute atomic E-state index is 4.68. The van der Waals surface area contributed by atoms with E-state index >= 15 is 0 Å². The van der Waals surface area contributed by atoms with Gasteiger partial charge in [0.25, 0.3) is 0 Å². The van der Waals surface area contributed by atoms with Gasteiger partial charge in [-0.1, -0.05) is 36.4 Å². The van der Waals surface area contributed by atoms with Crippen molar-refractivity contribution in [1.82, 2.24) is 19.1 Å². The van der Waals surface area contributed by atoms with E-state index in [2.05, 4.69) is 75.5 Å². The molecule has 0 aliphatic rings. The molecule has 0 aliphatic carbocycles. The number of aromatic nitrogens is 4. The van der Waals surface area contributed by atoms with E-state index in [1.165, 1.54) is 27.5 Å². The molecule has 0 radical (unpaired) electrons. The number of aryl methyl sites for hydroxylation is 2. The fourth-order valence-corrected chi connectivity index (χ4v) is 3.60. The average molecular weight is 326 g/mol. The van der Waals surface area contributed by atoms with Crippen LogP contribution in [0.5, 0.6) is 0 Å². The van der Waals surface area contributed by atoms with E-state index in [1.807, 2.05) is 24.5 Å². The minimum absolute atomic E-state index is 0.913. The summed E-state index contributed by atoms with van der Waals surface area (Å²) in [5.41, 5.74) is 5.88. The number of H-pyrrole nitrogens is 1. The van der Waals surface area contributed by atoms with Crippen LogP contribution in [0, 0.1) is 13.8 Å². The predicted molar refractivity (Wildman–Crippen MR) is 102 cm³/mol. The normalized spacial score (nSPS) is 11.6. The number of imidazole rings is 1. The van der Waals surface area contributed by atoms with Gasteiger partial charge >= 0.3 is 0 Å². The lowest BCUT2D eigenvalue weighted by atomic mass is 10.1. The average Bonchev–Trinajstić information content (AvgIpc) is 3.31. The molecule has 0 bridgehead atoms. The predicted octanol–water partition coefficient (Wildman–Crippen LogP) is 4.91. The van der Waals surface area contributed by atoms with Crippen LogP contribution in [0.15, 0.2) is 67.1 Å². The van der Waals surface area contributed by atoms with Gasteiger partial charge in [0.2, 0.25) is 0 Å². The van der Waals surface area contributed by atoms with Gasteiger partial charge in [-0.15, -0.1) is 0 Å². The van der Waals surface area contributed by atoms with E-state index in [0.717, 1.165) is 17.2 Å². The molecule has 5 aromatic rings. The molecule has 0 unspecified atom stereocenters. The SMILES string of the molecule is Cc1[nH]c2c(c1C)c1ccccc1n2-c1cn(-c2ccccc2)cn1. The van der Waals surface area contributed by atoms with Gasteiger partial charge in [0, 0.05) is 22.2 Å². The van der Waals surface area contributed by atoms with Crippen molar-refractivity contribution < 1.29 is 0 Å². The van der Waals surface area contributed by atoms with Crippen molar-refractivity contribution in [2.24, 2.45) is 0 Å². The summed E-state index contributed by atoms with van der Waals surface area (Å²) < 4.78 is 4.27. The number of hydrogen-bond donors (Lipinski definition) is 1. The van der Waals surface area contributed by atoms with Crippen molar-refractivity contribution >= 4 is 21.9 Å². The van der Waals surface area contributed by atoms with Gasteiger partial charge in [-0.05, 0) is 37.6 Å². The number of fused-ring (bicyclic) bond motifs is 3. The maximum atomic E-state index is 4.68. The minimum Gasteiger partial charge on any atom is -0.344 e. The number of para-hydroxylation sites is 2. The van der Waals surface area contributed by atoms with Crippen molar-refractivity contribution in [1.29, 1.82) is 0 Å². The first-order valence-electron chi connectivity index (χ1n) is 8.42. The molecule has 1 N–H and O–H groups in total. The highest BCUT2D eigenvalue weighted by Crippen LogP contribution is 2.34. The van der Waals surface area contributed by atoms with Crippen molar-refractivity contribution in [3.05, 3.63) is 78.4 Å². The molecule has 25 heavy (non-hydrogen) atoms. The maximum Gasteiger partial charge on any atom is 0.157 e. The molecule has 0 saturated heterocycles.